The molecule has 0 heteroatoms. The third kappa shape index (κ3) is 9.31. The SMILES string of the molecule is CC.CC(C)c1ccccc1.CCC. The van der Waals surface area contributed by atoms with E-state index in [4.69, 9.17) is 0 Å². The number of hydrogen-bond donors (Lipinski definition) is 0. The summed E-state index contributed by atoms with van der Waals surface area (Å²) in [5.74, 6) is 0.659. The molecule has 0 heterocycles. The van der Waals surface area contributed by atoms with Gasteiger partial charge >= 0.3 is 0 Å². The molecule has 0 saturated heterocycles. The minimum Gasteiger partial charge on any atom is -0.0683 e. The normalized spacial score (nSPS) is 8.21. The molecule has 0 amide bonds. The molecule has 1 aromatic rings. The molecule has 0 fully saturated rings. The van der Waals surface area contributed by atoms with Crippen molar-refractivity contribution in [2.45, 2.75) is 53.9 Å². The van der Waals surface area contributed by atoms with Gasteiger partial charge in [-0.1, -0.05) is 78.3 Å². The quantitative estimate of drug-likeness (QED) is 0.572. The summed E-state index contributed by atoms with van der Waals surface area (Å²) >= 11 is 0. The summed E-state index contributed by atoms with van der Waals surface area (Å²) in [6.07, 6.45) is 1.25. The Balaban J connectivity index is 0. The molecule has 0 unspecified atom stereocenters. The smallest absolute Gasteiger partial charge is 0.0219 e. The summed E-state index contributed by atoms with van der Waals surface area (Å²) in [5, 5.41) is 0. The van der Waals surface area contributed by atoms with E-state index in [0.29, 0.717) is 5.92 Å². The largest absolute Gasteiger partial charge is 0.0683 e. The van der Waals surface area contributed by atoms with Gasteiger partial charge in [0, 0.05) is 0 Å². The van der Waals surface area contributed by atoms with Crippen LogP contribution in [-0.2, 0) is 0 Å². The van der Waals surface area contributed by atoms with E-state index in [0.717, 1.165) is 0 Å². The lowest BCUT2D eigenvalue weighted by Gasteiger charge is -2.01. The Morgan fingerprint density at radius 2 is 1.29 bits per heavy atom. The number of rotatable bonds is 1. The van der Waals surface area contributed by atoms with Gasteiger partial charge < -0.3 is 0 Å². The van der Waals surface area contributed by atoms with E-state index in [-0.39, 0.29) is 0 Å². The van der Waals surface area contributed by atoms with Crippen LogP contribution in [0.15, 0.2) is 30.3 Å². The fraction of sp³-hybridized carbons (Fsp3) is 0.571. The Kier molecular flexibility index (Phi) is 13.7. The minimum atomic E-state index is 0.659. The first-order valence-electron chi connectivity index (χ1n) is 5.77. The van der Waals surface area contributed by atoms with Crippen LogP contribution in [0.5, 0.6) is 0 Å². The predicted octanol–water partition coefficient (Wildman–Crippen LogP) is 5.25. The maximum absolute atomic E-state index is 2.20. The summed E-state index contributed by atoms with van der Waals surface area (Å²) in [7, 11) is 0. The predicted molar refractivity (Wildman–Crippen MR) is 67.8 cm³/mol. The third-order valence-corrected chi connectivity index (χ3v) is 1.47. The van der Waals surface area contributed by atoms with Crippen LogP contribution in [0.4, 0.5) is 0 Å². The zero-order chi connectivity index (χ0) is 11.4. The molecule has 14 heavy (non-hydrogen) atoms. The van der Waals surface area contributed by atoms with Gasteiger partial charge in [0.05, 0.1) is 0 Å². The molecule has 1 rings (SSSR count). The second kappa shape index (κ2) is 12.2. The zero-order valence-corrected chi connectivity index (χ0v) is 10.7. The Morgan fingerprint density at radius 1 is 0.929 bits per heavy atom. The molecule has 0 saturated carbocycles. The molecule has 82 valence electrons. The van der Waals surface area contributed by atoms with E-state index in [1.807, 2.05) is 19.9 Å². The molecule has 0 aliphatic carbocycles. The van der Waals surface area contributed by atoms with Crippen molar-refractivity contribution in [1.29, 1.82) is 0 Å². The first-order valence-corrected chi connectivity index (χ1v) is 5.77. The van der Waals surface area contributed by atoms with Gasteiger partial charge in [0.1, 0.15) is 0 Å². The Labute approximate surface area is 90.4 Å². The van der Waals surface area contributed by atoms with E-state index in [1.54, 1.807) is 0 Å². The standard InChI is InChI=1S/C9H12.C3H8.C2H6/c1-8(2)9-6-4-3-5-7-9;1-3-2;1-2/h3-8H,1-2H3;3H2,1-2H3;1-2H3. The van der Waals surface area contributed by atoms with Crippen molar-refractivity contribution >= 4 is 0 Å². The van der Waals surface area contributed by atoms with Gasteiger partial charge in [0.25, 0.3) is 0 Å². The van der Waals surface area contributed by atoms with E-state index in [9.17, 15) is 0 Å². The minimum absolute atomic E-state index is 0.659. The fourth-order valence-electron chi connectivity index (χ4n) is 0.838. The average molecular weight is 194 g/mol. The third-order valence-electron chi connectivity index (χ3n) is 1.47. The molecular formula is C14H26. The van der Waals surface area contributed by atoms with Gasteiger partial charge in [-0.05, 0) is 11.5 Å². The lowest BCUT2D eigenvalue weighted by Crippen LogP contribution is -1.83. The van der Waals surface area contributed by atoms with Crippen LogP contribution in [0.25, 0.3) is 0 Å². The highest BCUT2D eigenvalue weighted by Crippen LogP contribution is 2.11. The molecule has 0 aliphatic heterocycles. The first kappa shape index (κ1) is 15.7. The number of benzene rings is 1. The molecule has 0 N–H and O–H groups in total. The second-order valence-electron chi connectivity index (χ2n) is 3.27. The topological polar surface area (TPSA) is 0 Å². The van der Waals surface area contributed by atoms with Crippen molar-refractivity contribution in [2.75, 3.05) is 0 Å². The average Bonchev–Trinajstić information content (AvgIpc) is 2.23. The monoisotopic (exact) mass is 194 g/mol. The van der Waals surface area contributed by atoms with Crippen LogP contribution in [-0.4, -0.2) is 0 Å². The molecular weight excluding hydrogens is 168 g/mol. The van der Waals surface area contributed by atoms with Crippen molar-refractivity contribution in [3.8, 4) is 0 Å². The molecule has 0 bridgehead atoms. The highest BCUT2D eigenvalue weighted by atomic mass is 14.0. The van der Waals surface area contributed by atoms with Crippen molar-refractivity contribution in [3.05, 3.63) is 35.9 Å². The highest BCUT2D eigenvalue weighted by molar-refractivity contribution is 5.17. The molecule has 1 aromatic carbocycles. The summed E-state index contributed by atoms with van der Waals surface area (Å²) < 4.78 is 0. The maximum Gasteiger partial charge on any atom is -0.0219 e. The van der Waals surface area contributed by atoms with E-state index in [2.05, 4.69) is 52.0 Å². The molecule has 0 atom stereocenters. The summed E-state index contributed by atoms with van der Waals surface area (Å²) in [5.41, 5.74) is 1.41. The Morgan fingerprint density at radius 3 is 1.50 bits per heavy atom. The summed E-state index contributed by atoms with van der Waals surface area (Å²) in [6, 6.07) is 10.5. The van der Waals surface area contributed by atoms with Crippen LogP contribution in [0, 0.1) is 0 Å². The molecule has 0 aromatic heterocycles. The van der Waals surface area contributed by atoms with Crippen LogP contribution < -0.4 is 0 Å². The zero-order valence-electron chi connectivity index (χ0n) is 10.7. The van der Waals surface area contributed by atoms with E-state index in [1.165, 1.54) is 12.0 Å². The number of hydrogen-bond acceptors (Lipinski definition) is 0. The van der Waals surface area contributed by atoms with Crippen molar-refractivity contribution < 1.29 is 0 Å². The van der Waals surface area contributed by atoms with Gasteiger partial charge in [-0.3, -0.25) is 0 Å². The summed E-state index contributed by atoms with van der Waals surface area (Å²) in [4.78, 5) is 0. The Bertz CT molecular complexity index is 174. The van der Waals surface area contributed by atoms with Crippen LogP contribution in [0.3, 0.4) is 0 Å². The van der Waals surface area contributed by atoms with Gasteiger partial charge in [0.2, 0.25) is 0 Å². The van der Waals surface area contributed by atoms with Crippen LogP contribution >= 0.6 is 0 Å². The van der Waals surface area contributed by atoms with Crippen LogP contribution in [0.1, 0.15) is 59.4 Å². The van der Waals surface area contributed by atoms with Gasteiger partial charge in [-0.25, -0.2) is 0 Å². The molecule has 0 radical (unpaired) electrons. The molecule has 0 spiro atoms. The second-order valence-corrected chi connectivity index (χ2v) is 3.27. The lowest BCUT2D eigenvalue weighted by atomic mass is 10.0. The Hall–Kier alpha value is -0.780. The van der Waals surface area contributed by atoms with E-state index >= 15 is 0 Å². The maximum atomic E-state index is 2.20. The van der Waals surface area contributed by atoms with Gasteiger partial charge in [-0.2, -0.15) is 0 Å². The fourth-order valence-corrected chi connectivity index (χ4v) is 0.838. The highest BCUT2D eigenvalue weighted by Gasteiger charge is 1.93. The molecule has 0 nitrogen and oxygen atoms in total. The van der Waals surface area contributed by atoms with Crippen molar-refractivity contribution in [3.63, 3.8) is 0 Å². The summed E-state index contributed by atoms with van der Waals surface area (Å²) in [6.45, 7) is 12.7. The van der Waals surface area contributed by atoms with Crippen molar-refractivity contribution in [2.24, 2.45) is 0 Å². The van der Waals surface area contributed by atoms with Crippen LogP contribution in [0.2, 0.25) is 0 Å². The van der Waals surface area contributed by atoms with Gasteiger partial charge in [0.15, 0.2) is 0 Å². The van der Waals surface area contributed by atoms with E-state index < -0.39 is 0 Å². The molecule has 0 aliphatic rings. The first-order chi connectivity index (χ1) is 6.72. The van der Waals surface area contributed by atoms with Gasteiger partial charge in [-0.15, -0.1) is 0 Å². The lowest BCUT2D eigenvalue weighted by molar-refractivity contribution is 0.867. The van der Waals surface area contributed by atoms with Crippen molar-refractivity contribution in [1.82, 2.24) is 0 Å².